The van der Waals surface area contributed by atoms with Crippen LogP contribution in [0.3, 0.4) is 0 Å². The number of rotatable bonds is 13. The lowest BCUT2D eigenvalue weighted by atomic mass is 9.87. The summed E-state index contributed by atoms with van der Waals surface area (Å²) in [4.78, 5) is 48.2. The van der Waals surface area contributed by atoms with Gasteiger partial charge in [0.25, 0.3) is 0 Å². The molecule has 0 saturated heterocycles. The van der Waals surface area contributed by atoms with Gasteiger partial charge in [-0.05, 0) is 34.1 Å². The zero-order chi connectivity index (χ0) is 22.9. The normalized spacial score (nSPS) is 13.9. The Labute approximate surface area is 172 Å². The highest BCUT2D eigenvalue weighted by Gasteiger charge is 2.41. The van der Waals surface area contributed by atoms with Gasteiger partial charge in [0.05, 0.1) is 32.8 Å². The molecule has 0 rings (SSSR count). The van der Waals surface area contributed by atoms with Gasteiger partial charge >= 0.3 is 17.9 Å². The number of ketones is 1. The molecule has 9 nitrogen and oxygen atoms in total. The van der Waals surface area contributed by atoms with E-state index in [0.29, 0.717) is 6.42 Å². The number of methoxy groups -OCH3 is 3. The Kier molecular flexibility index (Phi) is 10.5. The van der Waals surface area contributed by atoms with Gasteiger partial charge in [-0.1, -0.05) is 6.92 Å². The summed E-state index contributed by atoms with van der Waals surface area (Å²) in [5, 5.41) is 0. The van der Waals surface area contributed by atoms with Gasteiger partial charge < -0.3 is 23.7 Å². The molecular formula is C20H34O9. The second-order valence-corrected chi connectivity index (χ2v) is 8.01. The van der Waals surface area contributed by atoms with E-state index in [-0.39, 0.29) is 26.4 Å². The quantitative estimate of drug-likeness (QED) is 0.250. The molecule has 0 saturated carbocycles. The Morgan fingerprint density at radius 3 is 1.69 bits per heavy atom. The molecule has 0 heterocycles. The molecule has 0 bridgehead atoms. The van der Waals surface area contributed by atoms with Gasteiger partial charge in [0.2, 0.25) is 0 Å². The first-order valence-corrected chi connectivity index (χ1v) is 9.28. The first kappa shape index (κ1) is 27.0. The minimum absolute atomic E-state index is 0.0479. The number of carbonyl (C=O) groups excluding carboxylic acids is 4. The van der Waals surface area contributed by atoms with Crippen molar-refractivity contribution in [2.45, 2.75) is 41.0 Å². The predicted molar refractivity (Wildman–Crippen MR) is 103 cm³/mol. The molecule has 0 aliphatic heterocycles. The molecule has 0 aromatic heterocycles. The van der Waals surface area contributed by atoms with Crippen LogP contribution >= 0.6 is 0 Å². The molecule has 0 aromatic carbocycles. The molecule has 9 heteroatoms. The molecule has 0 aliphatic rings. The molecule has 1 atom stereocenters. The van der Waals surface area contributed by atoms with E-state index in [1.54, 1.807) is 0 Å². The zero-order valence-corrected chi connectivity index (χ0v) is 18.7. The number of hydrogen-bond donors (Lipinski definition) is 0. The van der Waals surface area contributed by atoms with E-state index in [1.807, 2.05) is 6.92 Å². The van der Waals surface area contributed by atoms with E-state index in [1.165, 1.54) is 49.0 Å². The highest BCUT2D eigenvalue weighted by atomic mass is 16.6. The van der Waals surface area contributed by atoms with E-state index >= 15 is 0 Å². The van der Waals surface area contributed by atoms with Crippen molar-refractivity contribution in [3.63, 3.8) is 0 Å². The van der Waals surface area contributed by atoms with Crippen molar-refractivity contribution in [3.8, 4) is 0 Å². The monoisotopic (exact) mass is 418 g/mol. The number of carbonyl (C=O) groups is 4. The maximum absolute atomic E-state index is 12.3. The lowest BCUT2D eigenvalue weighted by Crippen LogP contribution is -2.43. The van der Waals surface area contributed by atoms with Crippen molar-refractivity contribution in [2.24, 2.45) is 16.2 Å². The summed E-state index contributed by atoms with van der Waals surface area (Å²) in [5.74, 6) is -2.52. The third-order valence-electron chi connectivity index (χ3n) is 4.95. The van der Waals surface area contributed by atoms with Crippen molar-refractivity contribution in [1.82, 2.24) is 0 Å². The predicted octanol–water partition coefficient (Wildman–Crippen LogP) is 1.56. The third-order valence-corrected chi connectivity index (χ3v) is 4.95. The van der Waals surface area contributed by atoms with Crippen LogP contribution in [0.4, 0.5) is 0 Å². The van der Waals surface area contributed by atoms with Gasteiger partial charge in [-0.3, -0.25) is 19.2 Å². The van der Waals surface area contributed by atoms with E-state index < -0.39 is 39.9 Å². The molecule has 0 N–H and O–H groups in total. The van der Waals surface area contributed by atoms with E-state index in [9.17, 15) is 19.2 Å². The highest BCUT2D eigenvalue weighted by Crippen LogP contribution is 2.27. The van der Waals surface area contributed by atoms with Gasteiger partial charge in [0.1, 0.15) is 18.6 Å². The number of ether oxygens (including phenoxy) is 5. The van der Waals surface area contributed by atoms with Gasteiger partial charge in [-0.15, -0.1) is 0 Å². The average molecular weight is 418 g/mol. The minimum Gasteiger partial charge on any atom is -0.468 e. The van der Waals surface area contributed by atoms with Crippen molar-refractivity contribution >= 4 is 23.7 Å². The Bertz CT molecular complexity index is 595. The number of Topliss-reactive ketones (excluding diaryl/α,β-unsaturated/α-hetero) is 1. The Morgan fingerprint density at radius 2 is 1.24 bits per heavy atom. The molecule has 29 heavy (non-hydrogen) atoms. The first-order valence-electron chi connectivity index (χ1n) is 9.28. The second-order valence-electron chi connectivity index (χ2n) is 8.01. The van der Waals surface area contributed by atoms with Crippen LogP contribution in [0.2, 0.25) is 0 Å². The van der Waals surface area contributed by atoms with Crippen molar-refractivity contribution in [2.75, 3.05) is 47.8 Å². The van der Waals surface area contributed by atoms with Gasteiger partial charge in [0, 0.05) is 7.11 Å². The molecule has 0 aromatic rings. The zero-order valence-electron chi connectivity index (χ0n) is 18.7. The summed E-state index contributed by atoms with van der Waals surface area (Å²) < 4.78 is 25.4. The van der Waals surface area contributed by atoms with Crippen LogP contribution in [-0.4, -0.2) is 71.4 Å². The van der Waals surface area contributed by atoms with E-state index in [0.717, 1.165) is 0 Å². The summed E-state index contributed by atoms with van der Waals surface area (Å²) in [5.41, 5.74) is -3.52. The summed E-state index contributed by atoms with van der Waals surface area (Å²) in [6.07, 6.45) is 0.515. The average Bonchev–Trinajstić information content (AvgIpc) is 2.69. The van der Waals surface area contributed by atoms with Gasteiger partial charge in [-0.25, -0.2) is 0 Å². The molecule has 0 radical (unpaired) electrons. The fraction of sp³-hybridized carbons (Fsp3) is 0.800. The van der Waals surface area contributed by atoms with Crippen LogP contribution in [0.5, 0.6) is 0 Å². The molecule has 0 amide bonds. The topological polar surface area (TPSA) is 114 Å². The fourth-order valence-corrected chi connectivity index (χ4v) is 2.38. The molecule has 0 spiro atoms. The lowest BCUT2D eigenvalue weighted by molar-refractivity contribution is -0.173. The van der Waals surface area contributed by atoms with Gasteiger partial charge in [-0.2, -0.15) is 0 Å². The Hall–Kier alpha value is -2.00. The third kappa shape index (κ3) is 7.08. The summed E-state index contributed by atoms with van der Waals surface area (Å²) in [6.45, 7) is 7.47. The van der Waals surface area contributed by atoms with Crippen LogP contribution in [0.1, 0.15) is 41.0 Å². The van der Waals surface area contributed by atoms with Crippen molar-refractivity contribution < 1.29 is 42.9 Å². The van der Waals surface area contributed by atoms with Gasteiger partial charge in [0.15, 0.2) is 11.2 Å². The van der Waals surface area contributed by atoms with E-state index in [2.05, 4.69) is 9.47 Å². The van der Waals surface area contributed by atoms with Crippen molar-refractivity contribution in [1.29, 1.82) is 0 Å². The van der Waals surface area contributed by atoms with Crippen LogP contribution in [0, 0.1) is 16.2 Å². The molecule has 168 valence electrons. The SMILES string of the molecule is CCC(COC)(COCC(=O)C(C)(C)C(=O)OC)COC(=O)C(C)(C)C(=O)OC. The van der Waals surface area contributed by atoms with Crippen LogP contribution in [-0.2, 0) is 42.9 Å². The summed E-state index contributed by atoms with van der Waals surface area (Å²) >= 11 is 0. The fourth-order valence-electron chi connectivity index (χ4n) is 2.38. The Balaban J connectivity index is 5.08. The lowest BCUT2D eigenvalue weighted by Gasteiger charge is -2.32. The Morgan fingerprint density at radius 1 is 0.724 bits per heavy atom. The highest BCUT2D eigenvalue weighted by molar-refractivity contribution is 6.03. The van der Waals surface area contributed by atoms with Crippen LogP contribution in [0.25, 0.3) is 0 Å². The van der Waals surface area contributed by atoms with Crippen molar-refractivity contribution in [3.05, 3.63) is 0 Å². The van der Waals surface area contributed by atoms with Crippen LogP contribution < -0.4 is 0 Å². The summed E-state index contributed by atoms with van der Waals surface area (Å²) in [6, 6.07) is 0. The number of esters is 3. The van der Waals surface area contributed by atoms with E-state index in [4.69, 9.17) is 14.2 Å². The van der Waals surface area contributed by atoms with Crippen LogP contribution in [0.15, 0.2) is 0 Å². The second kappa shape index (κ2) is 11.3. The standard InChI is InChI=1S/C20H34O9/c1-9-20(11-25-6,13-29-17(24)19(4,5)16(23)27-8)12-28-10-14(21)18(2,3)15(22)26-7/h9-13H2,1-8H3. The maximum atomic E-state index is 12.3. The molecular weight excluding hydrogens is 384 g/mol. The smallest absolute Gasteiger partial charge is 0.322 e. The first-order chi connectivity index (χ1) is 13.3. The summed E-state index contributed by atoms with van der Waals surface area (Å²) in [7, 11) is 3.90. The largest absolute Gasteiger partial charge is 0.468 e. The molecule has 0 fully saturated rings. The maximum Gasteiger partial charge on any atom is 0.322 e. The minimum atomic E-state index is -1.46. The molecule has 1 unspecified atom stereocenters. The molecule has 0 aliphatic carbocycles. The number of hydrogen-bond acceptors (Lipinski definition) is 9.